The molecule has 0 saturated carbocycles. The van der Waals surface area contributed by atoms with Crippen LogP contribution in [0.25, 0.3) is 88.6 Å². The van der Waals surface area contributed by atoms with E-state index in [9.17, 15) is 19.5 Å². The number of amides is 3. The van der Waals surface area contributed by atoms with Crippen LogP contribution in [-0.4, -0.2) is 127 Å². The number of aliphatic hydroxyl groups is 1. The number of carbonyl (C=O) groups excluding carboxylic acids is 3. The molecule has 3 amide bonds. The first kappa shape index (κ1) is 52.7. The summed E-state index contributed by atoms with van der Waals surface area (Å²) < 4.78 is 0. The molecule has 16 heteroatoms. The van der Waals surface area contributed by atoms with E-state index < -0.39 is 0 Å². The first-order chi connectivity index (χ1) is 40.7. The summed E-state index contributed by atoms with van der Waals surface area (Å²) in [7, 11) is 0. The van der Waals surface area contributed by atoms with Gasteiger partial charge in [0.1, 0.15) is 55.7 Å². The minimum atomic E-state index is -0.137. The molecule has 0 aliphatic carbocycles. The molecular weight excluding hydrogens is 1040 g/mol. The van der Waals surface area contributed by atoms with E-state index in [0.717, 1.165) is 120 Å². The quantitative estimate of drug-likeness (QED) is 0.0777. The van der Waals surface area contributed by atoms with Gasteiger partial charge in [0.2, 0.25) is 17.7 Å². The van der Waals surface area contributed by atoms with E-state index in [2.05, 4.69) is 104 Å². The van der Waals surface area contributed by atoms with Crippen LogP contribution in [0.4, 0.5) is 22.7 Å². The van der Waals surface area contributed by atoms with Crippen LogP contribution in [0.3, 0.4) is 0 Å². The highest BCUT2D eigenvalue weighted by Crippen LogP contribution is 2.42. The van der Waals surface area contributed by atoms with Crippen LogP contribution < -0.4 is 16.0 Å². The maximum absolute atomic E-state index is 14.5. The number of aliphatic hydroxyl groups excluding tert-OH is 1. The van der Waals surface area contributed by atoms with E-state index in [4.69, 9.17) is 4.99 Å². The Bertz CT molecular complexity index is 4230. The van der Waals surface area contributed by atoms with Crippen LogP contribution in [0.5, 0.6) is 0 Å². The van der Waals surface area contributed by atoms with E-state index >= 15 is 0 Å². The first-order valence-corrected chi connectivity index (χ1v) is 28.6. The molecule has 414 valence electrons. The number of H-pyrrole nitrogens is 4. The zero-order chi connectivity index (χ0) is 56.2. The van der Waals surface area contributed by atoms with Crippen LogP contribution >= 0.6 is 0 Å². The van der Waals surface area contributed by atoms with Gasteiger partial charge in [-0.05, 0) is 90.8 Å². The Morgan fingerprint density at radius 3 is 1.58 bits per heavy atom. The fourth-order valence-electron chi connectivity index (χ4n) is 12.0. The van der Waals surface area contributed by atoms with Crippen LogP contribution in [0.1, 0.15) is 31.2 Å². The molecule has 0 spiro atoms. The molecule has 14 bridgehead atoms. The lowest BCUT2D eigenvalue weighted by Crippen LogP contribution is -2.38. The molecule has 1 fully saturated rings. The normalized spacial score (nSPS) is 17.7. The molecule has 0 radical (unpaired) electrons. The number of aryl methyl sites for hydroxylation is 1. The van der Waals surface area contributed by atoms with Crippen molar-refractivity contribution < 1.29 is 19.5 Å². The second-order valence-corrected chi connectivity index (χ2v) is 21.6. The van der Waals surface area contributed by atoms with Gasteiger partial charge in [-0.3, -0.25) is 24.7 Å². The zero-order valence-electron chi connectivity index (χ0n) is 46.0. The predicted octanol–water partition coefficient (Wildman–Crippen LogP) is 12.5. The van der Waals surface area contributed by atoms with Crippen LogP contribution in [0, 0.1) is 0 Å². The van der Waals surface area contributed by atoms with E-state index in [0.29, 0.717) is 68.3 Å². The second kappa shape index (κ2) is 23.5. The Morgan fingerprint density at radius 1 is 0.506 bits per heavy atom. The van der Waals surface area contributed by atoms with Gasteiger partial charge in [0.25, 0.3) is 0 Å². The number of pyridine rings is 1. The molecule has 10 aromatic rings. The number of aliphatic imine (C=N–C) groups is 1. The van der Waals surface area contributed by atoms with Crippen molar-refractivity contribution in [3.8, 4) is 44.5 Å². The van der Waals surface area contributed by atoms with Crippen molar-refractivity contribution in [2.24, 2.45) is 4.99 Å². The maximum atomic E-state index is 14.5. The van der Waals surface area contributed by atoms with Crippen molar-refractivity contribution in [2.45, 2.75) is 32.1 Å². The van der Waals surface area contributed by atoms with Gasteiger partial charge in [-0.2, -0.15) is 4.99 Å². The van der Waals surface area contributed by atoms with Gasteiger partial charge >= 0.3 is 0 Å². The minimum Gasteiger partial charge on any atom is -0.496 e. The summed E-state index contributed by atoms with van der Waals surface area (Å²) in [5.74, 6) is -0.341. The molecule has 3 aliphatic heterocycles. The molecule has 3 atom stereocenters. The Balaban J connectivity index is 1.13. The number of para-hydroxylation sites is 4. The van der Waals surface area contributed by atoms with Crippen molar-refractivity contribution >= 4 is 90.5 Å². The van der Waals surface area contributed by atoms with Crippen LogP contribution in [0.15, 0.2) is 175 Å². The maximum Gasteiger partial charge on any atom is 0.231 e. The molecule has 16 nitrogen and oxygen atoms in total. The summed E-state index contributed by atoms with van der Waals surface area (Å²) in [6, 6.07) is 52.0. The average molecular weight is 1100 g/mol. The lowest BCUT2D eigenvalue weighted by Gasteiger charge is -2.25. The van der Waals surface area contributed by atoms with E-state index in [1.54, 1.807) is 12.4 Å². The molecule has 3 aliphatic rings. The SMILES string of the molecule is O=C1CCN2CCN3CCC(=O)Nc4ccccc4-c4c5ccc([nH]5)c(c5ccc([nH]5)[c+](c5ccc([nH]5)[c+](-c5ccccc5NC(=O)CCc5cccnc5)c5ccc4[nH]5)-c4ccccc4N=C(O)CCN(CC2)CC3)-c2ccccc2N1. The van der Waals surface area contributed by atoms with Crippen LogP contribution in [0.2, 0.25) is 0 Å². The number of anilines is 3. The number of benzene rings is 4. The number of rotatable bonds is 5. The number of hydrogen-bond donors (Lipinski definition) is 8. The standard InChI is InChI=1S/C67H62N12O4/c80-60(28-19-43-10-9-32-68-42-43)73-48-15-5-1-11-44(48)64-52-20-22-54(69-52)65-45-12-2-6-16-49(45)74-61(81)29-33-77-36-37-78-34-30-62(82)75-50-17-7-3-13-46(50)66(55-23-21-53(64)70-55)57-25-27-59(72-57)67(58-26-24-56(65)71-58)47-14-4-8-18-51(47)76-63(83)31-35-79(40-38-77)41-39-78/h1-18,20-27,32,42,69-72H,19,28-31,33-41H2,(H2-2,73,74,75,76,80,81,82,83)/p+2. The van der Waals surface area contributed by atoms with Gasteiger partial charge in [-0.25, -0.2) is 0 Å². The largest absolute Gasteiger partial charge is 0.496 e. The summed E-state index contributed by atoms with van der Waals surface area (Å²) in [5.41, 5.74) is 15.9. The number of carbonyl (C=O) groups is 3. The Kier molecular flexibility index (Phi) is 14.9. The number of nitrogens with zero attached hydrogens (tertiary/aromatic N) is 5. The van der Waals surface area contributed by atoms with E-state index in [1.807, 2.05) is 109 Å². The molecule has 1 saturated heterocycles. The molecule has 8 N–H and O–H groups in total. The molecule has 3 unspecified atom stereocenters. The van der Waals surface area contributed by atoms with Crippen molar-refractivity contribution in [2.75, 3.05) is 74.9 Å². The van der Waals surface area contributed by atoms with Crippen molar-refractivity contribution in [3.63, 3.8) is 0 Å². The number of aromatic amines is 4. The van der Waals surface area contributed by atoms with Crippen LogP contribution in [-0.2, 0) is 20.8 Å². The minimum absolute atomic E-state index is 0.00688. The number of fused-ring (bicyclic) bond motifs is 17. The Labute approximate surface area is 479 Å². The molecule has 6 aromatic heterocycles. The van der Waals surface area contributed by atoms with Gasteiger partial charge in [-0.15, -0.1) is 0 Å². The molecule has 9 heterocycles. The zero-order valence-corrected chi connectivity index (χ0v) is 46.0. The lowest BCUT2D eigenvalue weighted by atomic mass is 10.0. The van der Waals surface area contributed by atoms with Crippen molar-refractivity contribution in [1.82, 2.24) is 39.6 Å². The molecule has 83 heavy (non-hydrogen) atoms. The topological polar surface area (TPSA) is 206 Å². The third kappa shape index (κ3) is 11.4. The monoisotopic (exact) mass is 1100 g/mol. The fraction of sp³-hybridized carbons (Fsp3) is 0.209. The fourth-order valence-corrected chi connectivity index (χ4v) is 12.0. The first-order valence-electron chi connectivity index (χ1n) is 28.6. The number of nitrogens with one attached hydrogen (secondary N) is 7. The van der Waals surface area contributed by atoms with E-state index in [-0.39, 0.29) is 42.9 Å². The summed E-state index contributed by atoms with van der Waals surface area (Å²) in [4.78, 5) is 74.6. The second-order valence-electron chi connectivity index (χ2n) is 21.6. The summed E-state index contributed by atoms with van der Waals surface area (Å²) in [6.07, 6.45) is 5.12. The van der Waals surface area contributed by atoms with Gasteiger partial charge in [-0.1, -0.05) is 42.5 Å². The van der Waals surface area contributed by atoms with Gasteiger partial charge in [0.05, 0.1) is 23.2 Å². The average Bonchev–Trinajstić information content (AvgIpc) is 4.26. The van der Waals surface area contributed by atoms with Crippen molar-refractivity contribution in [3.05, 3.63) is 176 Å². The predicted molar refractivity (Wildman–Crippen MR) is 333 cm³/mol. The third-order valence-corrected chi connectivity index (χ3v) is 16.3. The molecule has 4 aromatic carbocycles. The number of hydrogen-bond acceptors (Lipinski definition) is 8. The van der Waals surface area contributed by atoms with Gasteiger partial charge < -0.3 is 50.4 Å². The van der Waals surface area contributed by atoms with Gasteiger partial charge in [0.15, 0.2) is 5.90 Å². The Morgan fingerprint density at radius 2 is 0.988 bits per heavy atom. The summed E-state index contributed by atoms with van der Waals surface area (Å²) >= 11 is 0. The smallest absolute Gasteiger partial charge is 0.231 e. The molecular formula is C67H64N12O4+2. The summed E-state index contributed by atoms with van der Waals surface area (Å²) in [6.45, 7) is 5.93. The Hall–Kier alpha value is -9.61. The van der Waals surface area contributed by atoms with E-state index in [1.165, 1.54) is 0 Å². The van der Waals surface area contributed by atoms with Gasteiger partial charge in [0, 0.05) is 166 Å². The highest BCUT2D eigenvalue weighted by molar-refractivity contribution is 6.09. The third-order valence-electron chi connectivity index (χ3n) is 16.3. The number of aromatic nitrogens is 5. The highest BCUT2D eigenvalue weighted by atomic mass is 16.3. The highest BCUT2D eigenvalue weighted by Gasteiger charge is 2.26. The van der Waals surface area contributed by atoms with Crippen molar-refractivity contribution in [1.29, 1.82) is 0 Å². The molecule has 13 rings (SSSR count). The summed E-state index contributed by atoms with van der Waals surface area (Å²) in [5, 5.41) is 21.9. The lowest BCUT2D eigenvalue weighted by molar-refractivity contribution is -0.117.